The molecule has 28 heavy (non-hydrogen) atoms. The summed E-state index contributed by atoms with van der Waals surface area (Å²) in [5, 5.41) is 1.35. The summed E-state index contributed by atoms with van der Waals surface area (Å²) in [6.45, 7) is 0. The Kier molecular flexibility index (Phi) is 3.45. The molecule has 2 aliphatic carbocycles. The van der Waals surface area contributed by atoms with Crippen molar-refractivity contribution in [2.24, 2.45) is 0 Å². The average molecular weight is 362 g/mol. The van der Waals surface area contributed by atoms with Gasteiger partial charge in [-0.15, -0.1) is 0 Å². The standard InChI is InChI=1S/C26H22N2/c1-3-9-18(10-4-1)22-17-24-25(20-13-7-8-14-23(20)27-24)21-15-16-28(26(21)22)19-11-5-2-6-12-19/h1-3,5-9,11-17,21,26-27H,4,10H2. The number of H-pyrrole nitrogens is 1. The highest BCUT2D eigenvalue weighted by atomic mass is 15.2. The lowest BCUT2D eigenvalue weighted by molar-refractivity contribution is 0.692. The summed E-state index contributed by atoms with van der Waals surface area (Å²) in [4.78, 5) is 6.14. The van der Waals surface area contributed by atoms with Gasteiger partial charge in [0, 0.05) is 34.4 Å². The Morgan fingerprint density at radius 3 is 2.68 bits per heavy atom. The zero-order chi connectivity index (χ0) is 18.5. The first-order valence-electron chi connectivity index (χ1n) is 10.1. The Morgan fingerprint density at radius 1 is 0.964 bits per heavy atom. The minimum absolute atomic E-state index is 0.312. The van der Waals surface area contributed by atoms with Crippen molar-refractivity contribution in [3.8, 4) is 0 Å². The molecule has 0 spiro atoms. The molecular formula is C26H22N2. The fourth-order valence-electron chi connectivity index (χ4n) is 5.02. The number of anilines is 1. The van der Waals surface area contributed by atoms with Crippen LogP contribution in [-0.4, -0.2) is 11.0 Å². The number of aromatic nitrogens is 1. The second-order valence-electron chi connectivity index (χ2n) is 7.81. The molecule has 2 atom stereocenters. The normalized spacial score (nSPS) is 22.8. The van der Waals surface area contributed by atoms with E-state index in [1.54, 1.807) is 0 Å². The van der Waals surface area contributed by atoms with Crippen LogP contribution in [0.5, 0.6) is 0 Å². The maximum atomic E-state index is 3.68. The van der Waals surface area contributed by atoms with Gasteiger partial charge in [0.2, 0.25) is 0 Å². The smallest absolute Gasteiger partial charge is 0.0693 e. The molecular weight excluding hydrogens is 340 g/mol. The van der Waals surface area contributed by atoms with Crippen LogP contribution in [0.15, 0.2) is 96.2 Å². The molecule has 2 heteroatoms. The minimum Gasteiger partial charge on any atom is -0.355 e. The topological polar surface area (TPSA) is 19.0 Å². The van der Waals surface area contributed by atoms with E-state index in [0.29, 0.717) is 12.0 Å². The van der Waals surface area contributed by atoms with Crippen LogP contribution in [0.2, 0.25) is 0 Å². The van der Waals surface area contributed by atoms with E-state index < -0.39 is 0 Å². The summed E-state index contributed by atoms with van der Waals surface area (Å²) >= 11 is 0. The third-order valence-electron chi connectivity index (χ3n) is 6.26. The van der Waals surface area contributed by atoms with Gasteiger partial charge in [-0.1, -0.05) is 60.7 Å². The van der Waals surface area contributed by atoms with Crippen molar-refractivity contribution < 1.29 is 0 Å². The van der Waals surface area contributed by atoms with E-state index in [9.17, 15) is 0 Å². The molecule has 136 valence electrons. The Labute approximate surface area is 165 Å². The van der Waals surface area contributed by atoms with E-state index in [4.69, 9.17) is 0 Å². The van der Waals surface area contributed by atoms with Crippen molar-refractivity contribution >= 4 is 22.7 Å². The van der Waals surface area contributed by atoms with Crippen LogP contribution in [0.3, 0.4) is 0 Å². The minimum atomic E-state index is 0.312. The van der Waals surface area contributed by atoms with Gasteiger partial charge in [-0.05, 0) is 53.8 Å². The number of allylic oxidation sites excluding steroid dienone is 3. The highest BCUT2D eigenvalue weighted by Crippen LogP contribution is 2.48. The quantitative estimate of drug-likeness (QED) is 0.564. The van der Waals surface area contributed by atoms with E-state index in [2.05, 4.69) is 101 Å². The van der Waals surface area contributed by atoms with Crippen LogP contribution in [0, 0.1) is 0 Å². The molecule has 0 bridgehead atoms. The maximum absolute atomic E-state index is 3.68. The van der Waals surface area contributed by atoms with Gasteiger partial charge in [0.15, 0.2) is 0 Å². The number of nitrogens with zero attached hydrogens (tertiary/aromatic N) is 1. The Bertz CT molecular complexity index is 1170. The second kappa shape index (κ2) is 6.13. The molecule has 6 rings (SSSR count). The monoisotopic (exact) mass is 362 g/mol. The first kappa shape index (κ1) is 15.8. The first-order chi connectivity index (χ1) is 13.9. The van der Waals surface area contributed by atoms with Gasteiger partial charge in [0.25, 0.3) is 0 Å². The van der Waals surface area contributed by atoms with E-state index in [1.165, 1.54) is 39.0 Å². The van der Waals surface area contributed by atoms with Crippen molar-refractivity contribution in [2.45, 2.75) is 24.8 Å². The molecule has 1 N–H and O–H groups in total. The predicted octanol–water partition coefficient (Wildman–Crippen LogP) is 6.33. The van der Waals surface area contributed by atoms with Crippen molar-refractivity contribution in [2.75, 3.05) is 4.90 Å². The van der Waals surface area contributed by atoms with Crippen molar-refractivity contribution in [3.05, 3.63) is 108 Å². The zero-order valence-corrected chi connectivity index (χ0v) is 15.7. The molecule has 0 radical (unpaired) electrons. The first-order valence-corrected chi connectivity index (χ1v) is 10.1. The van der Waals surface area contributed by atoms with Crippen LogP contribution in [0.25, 0.3) is 17.0 Å². The van der Waals surface area contributed by atoms with Gasteiger partial charge < -0.3 is 9.88 Å². The van der Waals surface area contributed by atoms with Crippen LogP contribution in [0.1, 0.15) is 30.0 Å². The number of nitrogens with one attached hydrogen (secondary N) is 1. The number of rotatable bonds is 2. The molecule has 2 heterocycles. The third kappa shape index (κ3) is 2.27. The molecule has 0 saturated carbocycles. The lowest BCUT2D eigenvalue weighted by Crippen LogP contribution is -2.35. The summed E-state index contributed by atoms with van der Waals surface area (Å²) in [5.74, 6) is 0.359. The number of hydrogen-bond donors (Lipinski definition) is 1. The summed E-state index contributed by atoms with van der Waals surface area (Å²) in [5.41, 5.74) is 8.10. The van der Waals surface area contributed by atoms with E-state index in [1.807, 2.05) is 0 Å². The molecule has 3 aromatic rings. The van der Waals surface area contributed by atoms with Crippen molar-refractivity contribution in [3.63, 3.8) is 0 Å². The molecule has 3 aliphatic rings. The van der Waals surface area contributed by atoms with Gasteiger partial charge in [-0.25, -0.2) is 0 Å². The molecule has 2 unspecified atom stereocenters. The van der Waals surface area contributed by atoms with Gasteiger partial charge in [0.1, 0.15) is 0 Å². The lowest BCUT2D eigenvalue weighted by atomic mass is 9.77. The van der Waals surface area contributed by atoms with Crippen LogP contribution < -0.4 is 4.90 Å². The van der Waals surface area contributed by atoms with Gasteiger partial charge >= 0.3 is 0 Å². The average Bonchev–Trinajstić information content (AvgIpc) is 3.36. The number of benzene rings is 2. The van der Waals surface area contributed by atoms with Crippen molar-refractivity contribution in [1.29, 1.82) is 0 Å². The molecule has 2 nitrogen and oxygen atoms in total. The largest absolute Gasteiger partial charge is 0.355 e. The fourth-order valence-corrected chi connectivity index (χ4v) is 5.02. The predicted molar refractivity (Wildman–Crippen MR) is 117 cm³/mol. The molecule has 1 aliphatic heterocycles. The molecule has 0 saturated heterocycles. The van der Waals surface area contributed by atoms with Crippen molar-refractivity contribution in [1.82, 2.24) is 4.98 Å². The number of hydrogen-bond acceptors (Lipinski definition) is 1. The lowest BCUT2D eigenvalue weighted by Gasteiger charge is -2.36. The van der Waals surface area contributed by atoms with Crippen LogP contribution in [0.4, 0.5) is 5.69 Å². The second-order valence-corrected chi connectivity index (χ2v) is 7.81. The van der Waals surface area contributed by atoms with Crippen LogP contribution in [-0.2, 0) is 0 Å². The maximum Gasteiger partial charge on any atom is 0.0693 e. The van der Waals surface area contributed by atoms with Gasteiger partial charge in [-0.3, -0.25) is 0 Å². The van der Waals surface area contributed by atoms with E-state index in [-0.39, 0.29) is 0 Å². The Hall–Kier alpha value is -3.26. The van der Waals surface area contributed by atoms with Crippen LogP contribution >= 0.6 is 0 Å². The van der Waals surface area contributed by atoms with E-state index >= 15 is 0 Å². The molecule has 1 aromatic heterocycles. The van der Waals surface area contributed by atoms with Gasteiger partial charge in [-0.2, -0.15) is 0 Å². The summed E-state index contributed by atoms with van der Waals surface area (Å²) in [7, 11) is 0. The number of fused-ring (bicyclic) bond motifs is 5. The molecule has 2 aromatic carbocycles. The number of para-hydroxylation sites is 2. The number of aromatic amines is 1. The molecule has 0 fully saturated rings. The van der Waals surface area contributed by atoms with Gasteiger partial charge in [0.05, 0.1) is 6.04 Å². The SMILES string of the molecule is C1=CCCC(C2=Cc3[nH]c4ccccc4c3C3C=CN(c4ccccc4)C23)=C1. The third-order valence-corrected chi connectivity index (χ3v) is 6.26. The molecule has 0 amide bonds. The summed E-state index contributed by atoms with van der Waals surface area (Å²) in [6.07, 6.45) is 16.1. The highest BCUT2D eigenvalue weighted by Gasteiger charge is 2.40. The fraction of sp³-hybridized carbons (Fsp3) is 0.154. The highest BCUT2D eigenvalue weighted by molar-refractivity contribution is 5.91. The van der Waals surface area contributed by atoms with E-state index in [0.717, 1.165) is 12.8 Å². The Balaban J connectivity index is 1.57. The summed E-state index contributed by atoms with van der Waals surface area (Å²) in [6, 6.07) is 19.8. The zero-order valence-electron chi connectivity index (χ0n) is 15.7. The summed E-state index contributed by atoms with van der Waals surface area (Å²) < 4.78 is 0. The Morgan fingerprint density at radius 2 is 1.82 bits per heavy atom.